The first kappa shape index (κ1) is 17.0. The molecule has 4 rings (SSSR count). The number of aryl methyl sites for hydroxylation is 1. The average Bonchev–Trinajstić information content (AvgIpc) is 2.92. The number of anilines is 1. The van der Waals surface area contributed by atoms with E-state index >= 15 is 0 Å². The quantitative estimate of drug-likeness (QED) is 0.698. The minimum absolute atomic E-state index is 0.542. The summed E-state index contributed by atoms with van der Waals surface area (Å²) in [6.07, 6.45) is 6.66. The molecule has 2 aromatic carbocycles. The highest BCUT2D eigenvalue weighted by atomic mass is 35.5. The van der Waals surface area contributed by atoms with Crippen molar-refractivity contribution in [2.45, 2.75) is 13.3 Å². The highest BCUT2D eigenvalue weighted by Gasteiger charge is 2.18. The Morgan fingerprint density at radius 3 is 2.50 bits per heavy atom. The molecular formula is C21H16Cl2N2O. The van der Waals surface area contributed by atoms with Gasteiger partial charge in [0.05, 0.1) is 15.3 Å². The summed E-state index contributed by atoms with van der Waals surface area (Å²) in [7, 11) is 0. The Labute approximate surface area is 161 Å². The van der Waals surface area contributed by atoms with Gasteiger partial charge in [-0.25, -0.2) is 0 Å². The second-order valence-corrected chi connectivity index (χ2v) is 6.95. The topological polar surface area (TPSA) is 38.1 Å². The van der Waals surface area contributed by atoms with E-state index in [0.29, 0.717) is 33.1 Å². The Kier molecular flexibility index (Phi) is 4.58. The summed E-state index contributed by atoms with van der Waals surface area (Å²) in [4.78, 5) is 0. The van der Waals surface area contributed by atoms with Crippen LogP contribution in [0.2, 0.25) is 10.0 Å². The van der Waals surface area contributed by atoms with Gasteiger partial charge in [0.25, 0.3) is 0 Å². The fourth-order valence-corrected chi connectivity index (χ4v) is 3.55. The molecule has 0 radical (unpaired) electrons. The molecule has 1 aliphatic carbocycles. The number of halogens is 2. The lowest BCUT2D eigenvalue weighted by atomic mass is 10.1. The van der Waals surface area contributed by atoms with Crippen molar-refractivity contribution in [1.29, 1.82) is 0 Å². The summed E-state index contributed by atoms with van der Waals surface area (Å²) in [6, 6.07) is 13.7. The average molecular weight is 383 g/mol. The third-order valence-electron chi connectivity index (χ3n) is 4.27. The van der Waals surface area contributed by atoms with Gasteiger partial charge < -0.3 is 9.84 Å². The van der Waals surface area contributed by atoms with Crippen LogP contribution in [0.5, 0.6) is 0 Å². The molecule has 0 saturated heterocycles. The van der Waals surface area contributed by atoms with Crippen molar-refractivity contribution < 1.29 is 4.52 Å². The van der Waals surface area contributed by atoms with Gasteiger partial charge in [-0.15, -0.1) is 0 Å². The number of allylic oxidation sites excluding steroid dienone is 1. The molecular weight excluding hydrogens is 367 g/mol. The predicted octanol–water partition coefficient (Wildman–Crippen LogP) is 4.92. The Balaban J connectivity index is 1.94. The van der Waals surface area contributed by atoms with Crippen LogP contribution in [-0.2, 0) is 0 Å². The lowest BCUT2D eigenvalue weighted by Gasteiger charge is -2.10. The summed E-state index contributed by atoms with van der Waals surface area (Å²) < 4.78 is 5.58. The summed E-state index contributed by atoms with van der Waals surface area (Å²) in [5, 5.41) is 9.73. The molecule has 130 valence electrons. The van der Waals surface area contributed by atoms with Gasteiger partial charge in [0.2, 0.25) is 0 Å². The number of fused-ring (bicyclic) bond motifs is 1. The maximum Gasteiger partial charge on any atom is 0.169 e. The molecule has 1 N–H and O–H groups in total. The molecule has 5 heteroatoms. The van der Waals surface area contributed by atoms with Crippen molar-refractivity contribution in [2.75, 3.05) is 5.32 Å². The number of nitrogens with one attached hydrogen (secondary N) is 1. The molecule has 3 aromatic rings. The molecule has 1 aliphatic rings. The minimum atomic E-state index is 0.542. The van der Waals surface area contributed by atoms with Crippen LogP contribution in [0.3, 0.4) is 0 Å². The normalized spacial score (nSPS) is 13.1. The zero-order valence-electron chi connectivity index (χ0n) is 14.1. The number of hydrogen-bond acceptors (Lipinski definition) is 3. The number of nitrogens with zero attached hydrogens (tertiary/aromatic N) is 1. The molecule has 0 unspecified atom stereocenters. The first-order valence-corrected chi connectivity index (χ1v) is 9.03. The van der Waals surface area contributed by atoms with Crippen LogP contribution < -0.4 is 16.0 Å². The van der Waals surface area contributed by atoms with Crippen LogP contribution in [0.15, 0.2) is 59.1 Å². The largest absolute Gasteiger partial charge is 0.358 e. The standard InChI is InChI=1S/C21H16Cl2N2O/c1-13-9-11-14(12-10-13)24-17-7-2-3-8-18-20(17)21(25-26-18)19-15(22)5-4-6-16(19)23/h2-6,8-12,24H,7H2,1H3. The summed E-state index contributed by atoms with van der Waals surface area (Å²) in [5.74, 6) is 0. The maximum atomic E-state index is 6.41. The SMILES string of the molecule is Cc1ccc(NC2=c3c(-c4c(Cl)cccc4Cl)noc3=CC=CC2)cc1. The van der Waals surface area contributed by atoms with E-state index in [1.54, 1.807) is 12.1 Å². The van der Waals surface area contributed by atoms with E-state index in [1.165, 1.54) is 5.56 Å². The highest BCUT2D eigenvalue weighted by molar-refractivity contribution is 6.39. The van der Waals surface area contributed by atoms with Gasteiger partial charge in [-0.3, -0.25) is 0 Å². The van der Waals surface area contributed by atoms with Crippen LogP contribution in [0.1, 0.15) is 12.0 Å². The van der Waals surface area contributed by atoms with E-state index < -0.39 is 0 Å². The van der Waals surface area contributed by atoms with E-state index in [2.05, 4.69) is 47.7 Å². The van der Waals surface area contributed by atoms with Crippen LogP contribution in [0.25, 0.3) is 23.0 Å². The number of benzene rings is 2. The Morgan fingerprint density at radius 1 is 1.04 bits per heavy atom. The molecule has 0 amide bonds. The second-order valence-electron chi connectivity index (χ2n) is 6.14. The van der Waals surface area contributed by atoms with Gasteiger partial charge in [0.1, 0.15) is 5.69 Å². The molecule has 1 aromatic heterocycles. The summed E-state index contributed by atoms with van der Waals surface area (Å²) in [6.45, 7) is 2.07. The molecule has 1 heterocycles. The third-order valence-corrected chi connectivity index (χ3v) is 4.90. The molecule has 0 saturated carbocycles. The maximum absolute atomic E-state index is 6.41. The van der Waals surface area contributed by atoms with E-state index in [-0.39, 0.29) is 0 Å². The van der Waals surface area contributed by atoms with Gasteiger partial charge in [-0.1, -0.05) is 64.3 Å². The molecule has 0 atom stereocenters. The zero-order valence-corrected chi connectivity index (χ0v) is 15.6. The Hall–Kier alpha value is -2.49. The van der Waals surface area contributed by atoms with Crippen molar-refractivity contribution >= 4 is 40.7 Å². The molecule has 0 bridgehead atoms. The van der Waals surface area contributed by atoms with E-state index in [0.717, 1.165) is 16.6 Å². The molecule has 0 fully saturated rings. The van der Waals surface area contributed by atoms with Gasteiger partial charge >= 0.3 is 0 Å². The smallest absolute Gasteiger partial charge is 0.169 e. The number of aromatic nitrogens is 1. The van der Waals surface area contributed by atoms with Crippen LogP contribution >= 0.6 is 23.2 Å². The van der Waals surface area contributed by atoms with E-state index in [9.17, 15) is 0 Å². The Morgan fingerprint density at radius 2 is 1.77 bits per heavy atom. The van der Waals surface area contributed by atoms with Crippen molar-refractivity contribution in [3.05, 3.63) is 80.9 Å². The van der Waals surface area contributed by atoms with Crippen molar-refractivity contribution in [3.63, 3.8) is 0 Å². The first-order chi connectivity index (χ1) is 12.6. The van der Waals surface area contributed by atoms with Gasteiger partial charge in [-0.05, 0) is 37.3 Å². The molecule has 3 nitrogen and oxygen atoms in total. The lowest BCUT2D eigenvalue weighted by Crippen LogP contribution is -2.26. The first-order valence-electron chi connectivity index (χ1n) is 8.27. The van der Waals surface area contributed by atoms with Crippen LogP contribution in [0, 0.1) is 6.92 Å². The summed E-state index contributed by atoms with van der Waals surface area (Å²) >= 11 is 12.8. The number of rotatable bonds is 3. The number of hydrogen-bond donors (Lipinski definition) is 1. The van der Waals surface area contributed by atoms with Crippen molar-refractivity contribution in [2.24, 2.45) is 0 Å². The van der Waals surface area contributed by atoms with Gasteiger partial charge in [0.15, 0.2) is 5.42 Å². The molecule has 26 heavy (non-hydrogen) atoms. The van der Waals surface area contributed by atoms with Gasteiger partial charge in [-0.2, -0.15) is 0 Å². The Bertz CT molecular complexity index is 1090. The fraction of sp³-hybridized carbons (Fsp3) is 0.0952. The fourth-order valence-electron chi connectivity index (χ4n) is 2.97. The van der Waals surface area contributed by atoms with E-state index in [4.69, 9.17) is 27.7 Å². The predicted molar refractivity (Wildman–Crippen MR) is 108 cm³/mol. The van der Waals surface area contributed by atoms with Crippen molar-refractivity contribution in [3.8, 4) is 11.3 Å². The second kappa shape index (κ2) is 7.02. The highest BCUT2D eigenvalue weighted by Crippen LogP contribution is 2.32. The monoisotopic (exact) mass is 382 g/mol. The lowest BCUT2D eigenvalue weighted by molar-refractivity contribution is 0.396. The van der Waals surface area contributed by atoms with E-state index in [1.807, 2.05) is 18.2 Å². The minimum Gasteiger partial charge on any atom is -0.358 e. The zero-order chi connectivity index (χ0) is 18.1. The molecule has 0 spiro atoms. The third kappa shape index (κ3) is 3.16. The summed E-state index contributed by atoms with van der Waals surface area (Å²) in [5.41, 5.74) is 5.21. The molecule has 0 aliphatic heterocycles. The van der Waals surface area contributed by atoms with Crippen molar-refractivity contribution in [1.82, 2.24) is 5.16 Å². The van der Waals surface area contributed by atoms with Crippen LogP contribution in [-0.4, -0.2) is 5.16 Å². The van der Waals surface area contributed by atoms with Crippen LogP contribution in [0.4, 0.5) is 5.69 Å². The van der Waals surface area contributed by atoms with Gasteiger partial charge in [0, 0.05) is 23.4 Å².